The van der Waals surface area contributed by atoms with Crippen molar-refractivity contribution < 1.29 is 0 Å². The quantitative estimate of drug-likeness (QED) is 0.938. The van der Waals surface area contributed by atoms with E-state index in [1.807, 2.05) is 11.8 Å². The highest BCUT2D eigenvalue weighted by Gasteiger charge is 2.24. The maximum atomic E-state index is 6.23. The molecule has 0 radical (unpaired) electrons. The highest BCUT2D eigenvalue weighted by Crippen LogP contribution is 2.37. The Morgan fingerprint density at radius 3 is 2.86 bits per heavy atom. The third-order valence-corrected chi connectivity index (χ3v) is 5.64. The molecule has 112 valence electrons. The molecule has 1 aliphatic heterocycles. The van der Waals surface area contributed by atoms with E-state index in [1.165, 1.54) is 21.7 Å². The van der Waals surface area contributed by atoms with Gasteiger partial charge in [0.2, 0.25) is 0 Å². The van der Waals surface area contributed by atoms with E-state index in [0.717, 1.165) is 25.1 Å². The van der Waals surface area contributed by atoms with Gasteiger partial charge < -0.3 is 5.73 Å². The minimum Gasteiger partial charge on any atom is -0.324 e. The molecule has 0 saturated carbocycles. The van der Waals surface area contributed by atoms with Gasteiger partial charge in [-0.25, -0.2) is 0 Å². The van der Waals surface area contributed by atoms with E-state index < -0.39 is 0 Å². The molecular weight excluding hydrogens is 278 g/mol. The van der Waals surface area contributed by atoms with Gasteiger partial charge in [-0.3, -0.25) is 4.68 Å². The molecule has 1 aromatic carbocycles. The summed E-state index contributed by atoms with van der Waals surface area (Å²) >= 11 is 1.98. The van der Waals surface area contributed by atoms with Crippen LogP contribution in [0, 0.1) is 13.8 Å². The second-order valence-electron chi connectivity index (χ2n) is 5.83. The van der Waals surface area contributed by atoms with Crippen LogP contribution in [0.4, 0.5) is 0 Å². The van der Waals surface area contributed by atoms with Crippen molar-refractivity contribution in [3.63, 3.8) is 0 Å². The fraction of sp³-hybridized carbons (Fsp3) is 0.471. The zero-order valence-corrected chi connectivity index (χ0v) is 13.8. The number of thioether (sulfide) groups is 1. The first kappa shape index (κ1) is 14.7. The molecule has 2 N–H and O–H groups in total. The van der Waals surface area contributed by atoms with Crippen molar-refractivity contribution in [2.75, 3.05) is 0 Å². The second-order valence-corrected chi connectivity index (χ2v) is 7.18. The van der Waals surface area contributed by atoms with E-state index in [9.17, 15) is 0 Å². The lowest BCUT2D eigenvalue weighted by Crippen LogP contribution is -2.16. The molecule has 0 amide bonds. The molecule has 2 aromatic rings. The number of aryl methyl sites for hydroxylation is 1. The van der Waals surface area contributed by atoms with Crippen LogP contribution in [-0.4, -0.2) is 15.0 Å². The Morgan fingerprint density at radius 2 is 2.14 bits per heavy atom. The van der Waals surface area contributed by atoms with E-state index >= 15 is 0 Å². The fourth-order valence-corrected chi connectivity index (χ4v) is 4.48. The second kappa shape index (κ2) is 5.85. The third-order valence-electron chi connectivity index (χ3n) is 4.34. The number of hydrogen-bond donors (Lipinski definition) is 1. The summed E-state index contributed by atoms with van der Waals surface area (Å²) in [6.45, 7) is 7.31. The van der Waals surface area contributed by atoms with E-state index in [1.54, 1.807) is 0 Å². The average Bonchev–Trinajstić information content (AvgIpc) is 2.99. The molecule has 1 aromatic heterocycles. The maximum Gasteiger partial charge on any atom is 0.0644 e. The van der Waals surface area contributed by atoms with Gasteiger partial charge in [0, 0.05) is 27.4 Å². The summed E-state index contributed by atoms with van der Waals surface area (Å²) < 4.78 is 2.16. The Hall–Kier alpha value is -1.26. The molecule has 2 unspecified atom stereocenters. The smallest absolute Gasteiger partial charge is 0.0644 e. The van der Waals surface area contributed by atoms with Crippen LogP contribution in [0.3, 0.4) is 0 Å². The van der Waals surface area contributed by atoms with Crippen molar-refractivity contribution in [2.24, 2.45) is 5.73 Å². The lowest BCUT2D eigenvalue weighted by Gasteiger charge is -2.12. The van der Waals surface area contributed by atoms with E-state index in [4.69, 9.17) is 10.8 Å². The molecule has 0 fully saturated rings. The molecule has 3 rings (SSSR count). The van der Waals surface area contributed by atoms with Crippen LogP contribution >= 0.6 is 11.8 Å². The highest BCUT2D eigenvalue weighted by atomic mass is 32.2. The van der Waals surface area contributed by atoms with Crippen LogP contribution in [0.5, 0.6) is 0 Å². The average molecular weight is 301 g/mol. The van der Waals surface area contributed by atoms with E-state index in [0.29, 0.717) is 5.25 Å². The van der Waals surface area contributed by atoms with Gasteiger partial charge in [0.15, 0.2) is 0 Å². The van der Waals surface area contributed by atoms with Gasteiger partial charge in [0.05, 0.1) is 12.2 Å². The van der Waals surface area contributed by atoms with Gasteiger partial charge in [-0.15, -0.1) is 11.8 Å². The number of nitrogens with zero attached hydrogens (tertiary/aromatic N) is 2. The van der Waals surface area contributed by atoms with Crippen molar-refractivity contribution in [3.05, 3.63) is 46.8 Å². The maximum absolute atomic E-state index is 6.23. The molecule has 3 nitrogen and oxygen atoms in total. The molecule has 0 saturated heterocycles. The minimum atomic E-state index is 0.104. The van der Waals surface area contributed by atoms with Gasteiger partial charge in [-0.2, -0.15) is 5.10 Å². The minimum absolute atomic E-state index is 0.104. The predicted octanol–water partition coefficient (Wildman–Crippen LogP) is 3.63. The van der Waals surface area contributed by atoms with Crippen LogP contribution in [0.15, 0.2) is 29.2 Å². The van der Waals surface area contributed by atoms with Crippen molar-refractivity contribution in [3.8, 4) is 0 Å². The first-order valence-corrected chi connectivity index (χ1v) is 8.52. The Kier molecular flexibility index (Phi) is 4.09. The van der Waals surface area contributed by atoms with Gasteiger partial charge in [0.25, 0.3) is 0 Å². The van der Waals surface area contributed by atoms with Crippen LogP contribution in [0.1, 0.15) is 41.9 Å². The Labute approximate surface area is 130 Å². The molecule has 2 atom stereocenters. The molecule has 0 aliphatic carbocycles. The topological polar surface area (TPSA) is 43.8 Å². The number of nitrogens with two attached hydrogens (primary N) is 1. The van der Waals surface area contributed by atoms with Crippen molar-refractivity contribution >= 4 is 11.8 Å². The zero-order valence-electron chi connectivity index (χ0n) is 13.0. The molecular formula is C17H23N3S. The number of hydrogen-bond acceptors (Lipinski definition) is 3. The summed E-state index contributed by atoms with van der Waals surface area (Å²) in [6, 6.07) is 8.81. The lowest BCUT2D eigenvalue weighted by atomic mass is 10.0. The van der Waals surface area contributed by atoms with E-state index in [-0.39, 0.29) is 6.04 Å². The van der Waals surface area contributed by atoms with Gasteiger partial charge in [-0.1, -0.05) is 25.1 Å². The Balaban J connectivity index is 1.78. The highest BCUT2D eigenvalue weighted by molar-refractivity contribution is 8.00. The Bertz CT molecular complexity index is 622. The van der Waals surface area contributed by atoms with Crippen molar-refractivity contribution in [1.82, 2.24) is 9.78 Å². The van der Waals surface area contributed by atoms with Crippen LogP contribution in [0.25, 0.3) is 0 Å². The van der Waals surface area contributed by atoms with Crippen molar-refractivity contribution in [1.29, 1.82) is 0 Å². The first-order chi connectivity index (χ1) is 10.1. The number of benzene rings is 1. The molecule has 0 bridgehead atoms. The monoisotopic (exact) mass is 301 g/mol. The standard InChI is InChI=1S/C17H23N3S/c1-4-15(18)17-11(2)19-20(12(17)3)10-14-9-13-7-5-6-8-16(13)21-14/h5-8,14-15H,4,9-10,18H2,1-3H3. The summed E-state index contributed by atoms with van der Waals surface area (Å²) in [6.07, 6.45) is 2.09. The fourth-order valence-electron chi connectivity index (χ4n) is 3.18. The zero-order chi connectivity index (χ0) is 15.0. The molecule has 21 heavy (non-hydrogen) atoms. The summed E-state index contributed by atoms with van der Waals surface area (Å²) in [7, 11) is 0. The van der Waals surface area contributed by atoms with Gasteiger partial charge in [0.1, 0.15) is 0 Å². The summed E-state index contributed by atoms with van der Waals surface area (Å²) in [5, 5.41) is 5.30. The largest absolute Gasteiger partial charge is 0.324 e. The number of aromatic nitrogens is 2. The lowest BCUT2D eigenvalue weighted by molar-refractivity contribution is 0.574. The molecule has 1 aliphatic rings. The SMILES string of the molecule is CCC(N)c1c(C)nn(CC2Cc3ccccc3S2)c1C. The van der Waals surface area contributed by atoms with Crippen LogP contribution in [0.2, 0.25) is 0 Å². The number of rotatable bonds is 4. The van der Waals surface area contributed by atoms with E-state index in [2.05, 4.69) is 49.7 Å². The summed E-state index contributed by atoms with van der Waals surface area (Å²) in [5.41, 5.74) is 11.3. The third kappa shape index (κ3) is 2.74. The molecule has 4 heteroatoms. The Morgan fingerprint density at radius 1 is 1.38 bits per heavy atom. The molecule has 0 spiro atoms. The summed E-state index contributed by atoms with van der Waals surface area (Å²) in [4.78, 5) is 1.43. The first-order valence-electron chi connectivity index (χ1n) is 7.64. The molecule has 2 heterocycles. The van der Waals surface area contributed by atoms with Gasteiger partial charge in [-0.05, 0) is 38.3 Å². The van der Waals surface area contributed by atoms with Crippen LogP contribution in [-0.2, 0) is 13.0 Å². The summed E-state index contributed by atoms with van der Waals surface area (Å²) in [5.74, 6) is 0. The normalized spacial score (nSPS) is 18.8. The van der Waals surface area contributed by atoms with Gasteiger partial charge >= 0.3 is 0 Å². The predicted molar refractivity (Wildman–Crippen MR) is 88.7 cm³/mol. The van der Waals surface area contributed by atoms with Crippen LogP contribution < -0.4 is 5.73 Å². The number of fused-ring (bicyclic) bond motifs is 1. The van der Waals surface area contributed by atoms with Crippen molar-refractivity contribution in [2.45, 2.75) is 56.3 Å².